The lowest BCUT2D eigenvalue weighted by molar-refractivity contribution is 0.158. The summed E-state index contributed by atoms with van der Waals surface area (Å²) in [6, 6.07) is 13.5. The maximum absolute atomic E-state index is 12.5. The number of hydrogen-bond donors (Lipinski definition) is 2. The summed E-state index contributed by atoms with van der Waals surface area (Å²) in [6.07, 6.45) is -0.590. The van der Waals surface area contributed by atoms with E-state index in [1.807, 2.05) is 6.07 Å². The molecule has 0 bridgehead atoms. The molecule has 0 spiro atoms. The fourth-order valence-electron chi connectivity index (χ4n) is 2.53. The van der Waals surface area contributed by atoms with E-state index >= 15 is 0 Å². The zero-order valence-corrected chi connectivity index (χ0v) is 17.0. The van der Waals surface area contributed by atoms with Gasteiger partial charge in [0.2, 0.25) is 20.0 Å². The van der Waals surface area contributed by atoms with E-state index in [-0.39, 0.29) is 16.2 Å². The van der Waals surface area contributed by atoms with Crippen molar-refractivity contribution in [2.45, 2.75) is 35.3 Å². The summed E-state index contributed by atoms with van der Waals surface area (Å²) in [5.41, 5.74) is 0.710. The molecule has 2 aromatic rings. The van der Waals surface area contributed by atoms with Crippen LogP contribution in [0.2, 0.25) is 0 Å². The molecule has 0 aliphatic carbocycles. The van der Waals surface area contributed by atoms with Crippen LogP contribution in [0.3, 0.4) is 0 Å². The number of hydrogen-bond acceptors (Lipinski definition) is 5. The lowest BCUT2D eigenvalue weighted by atomic mass is 10.0. The first-order valence-electron chi connectivity index (χ1n) is 8.32. The molecular weight excluding hydrogens is 388 g/mol. The van der Waals surface area contributed by atoms with Crippen LogP contribution in [-0.4, -0.2) is 46.4 Å². The molecule has 0 unspecified atom stereocenters. The molecule has 27 heavy (non-hydrogen) atoms. The highest BCUT2D eigenvalue weighted by Gasteiger charge is 2.22. The third-order valence-electron chi connectivity index (χ3n) is 4.03. The van der Waals surface area contributed by atoms with Gasteiger partial charge in [-0.05, 0) is 43.2 Å². The molecule has 7 nitrogen and oxygen atoms in total. The Morgan fingerprint density at radius 3 is 1.96 bits per heavy atom. The van der Waals surface area contributed by atoms with Gasteiger partial charge in [-0.15, -0.1) is 0 Å². The number of benzene rings is 2. The first-order valence-corrected chi connectivity index (χ1v) is 11.2. The highest BCUT2D eigenvalue weighted by molar-refractivity contribution is 7.89. The number of rotatable bonds is 8. The van der Waals surface area contributed by atoms with Crippen molar-refractivity contribution in [3.05, 3.63) is 60.2 Å². The normalized spacial score (nSPS) is 14.9. The Balaban J connectivity index is 2.10. The highest BCUT2D eigenvalue weighted by Crippen LogP contribution is 2.20. The maximum atomic E-state index is 12.5. The van der Waals surface area contributed by atoms with E-state index in [0.717, 1.165) is 4.31 Å². The van der Waals surface area contributed by atoms with Gasteiger partial charge in [0.1, 0.15) is 0 Å². The van der Waals surface area contributed by atoms with Crippen molar-refractivity contribution < 1.29 is 21.9 Å². The Kier molecular flexibility index (Phi) is 6.77. The lowest BCUT2D eigenvalue weighted by Crippen LogP contribution is -2.33. The van der Waals surface area contributed by atoms with Gasteiger partial charge in [0.15, 0.2) is 0 Å². The predicted octanol–water partition coefficient (Wildman–Crippen LogP) is 1.73. The second-order valence-electron chi connectivity index (χ2n) is 6.44. The van der Waals surface area contributed by atoms with Crippen LogP contribution in [0.1, 0.15) is 25.0 Å². The fourth-order valence-corrected chi connectivity index (χ4v) is 4.69. The van der Waals surface area contributed by atoms with Crippen molar-refractivity contribution in [2.24, 2.45) is 0 Å². The minimum atomic E-state index is -3.84. The van der Waals surface area contributed by atoms with Crippen LogP contribution in [0.4, 0.5) is 0 Å². The first-order chi connectivity index (χ1) is 12.5. The minimum Gasteiger partial charge on any atom is -0.388 e. The van der Waals surface area contributed by atoms with E-state index < -0.39 is 32.2 Å². The van der Waals surface area contributed by atoms with Gasteiger partial charge in [-0.1, -0.05) is 30.3 Å². The van der Waals surface area contributed by atoms with Gasteiger partial charge in [-0.3, -0.25) is 0 Å². The van der Waals surface area contributed by atoms with Crippen molar-refractivity contribution in [3.8, 4) is 0 Å². The van der Waals surface area contributed by atoms with Crippen molar-refractivity contribution in [2.75, 3.05) is 14.1 Å². The molecule has 0 heterocycles. The molecule has 0 saturated heterocycles. The molecule has 0 aliphatic rings. The van der Waals surface area contributed by atoms with Crippen LogP contribution in [0.5, 0.6) is 0 Å². The largest absolute Gasteiger partial charge is 0.388 e. The monoisotopic (exact) mass is 412 g/mol. The molecule has 148 valence electrons. The molecule has 2 aromatic carbocycles. The Labute approximate surface area is 160 Å². The molecular formula is C18H24N2O5S2. The summed E-state index contributed by atoms with van der Waals surface area (Å²) >= 11 is 0. The highest BCUT2D eigenvalue weighted by atomic mass is 32.2. The molecule has 0 fully saturated rings. The third-order valence-corrected chi connectivity index (χ3v) is 7.46. The quantitative estimate of drug-likeness (QED) is 0.687. The van der Waals surface area contributed by atoms with E-state index in [1.165, 1.54) is 38.4 Å². The number of nitrogens with zero attached hydrogens (tertiary/aromatic N) is 1. The molecule has 2 N–H and O–H groups in total. The summed E-state index contributed by atoms with van der Waals surface area (Å²) in [5.74, 6) is 0. The van der Waals surface area contributed by atoms with Crippen LogP contribution in [-0.2, 0) is 20.0 Å². The average Bonchev–Trinajstić information content (AvgIpc) is 2.61. The topological polar surface area (TPSA) is 104 Å². The molecule has 2 atom stereocenters. The van der Waals surface area contributed by atoms with E-state index in [1.54, 1.807) is 31.2 Å². The van der Waals surface area contributed by atoms with E-state index in [2.05, 4.69) is 4.72 Å². The fraction of sp³-hybridized carbons (Fsp3) is 0.333. The van der Waals surface area contributed by atoms with Crippen LogP contribution in [0, 0.1) is 0 Å². The van der Waals surface area contributed by atoms with Gasteiger partial charge in [0.05, 0.1) is 15.9 Å². The summed E-state index contributed by atoms with van der Waals surface area (Å²) < 4.78 is 52.7. The van der Waals surface area contributed by atoms with Crippen molar-refractivity contribution in [1.82, 2.24) is 9.03 Å². The van der Waals surface area contributed by atoms with E-state index in [0.29, 0.717) is 5.56 Å². The van der Waals surface area contributed by atoms with Crippen LogP contribution in [0.25, 0.3) is 0 Å². The third kappa shape index (κ3) is 5.36. The van der Waals surface area contributed by atoms with Crippen molar-refractivity contribution in [3.63, 3.8) is 0 Å². The Morgan fingerprint density at radius 2 is 1.44 bits per heavy atom. The van der Waals surface area contributed by atoms with Crippen LogP contribution < -0.4 is 4.72 Å². The second-order valence-corrected chi connectivity index (χ2v) is 10.3. The summed E-state index contributed by atoms with van der Waals surface area (Å²) in [4.78, 5) is -0.0275. The molecule has 0 aliphatic heterocycles. The standard InChI is InChI=1S/C18H24N2O5S2/c1-14(13-18(21)15-7-5-4-6-8-15)19-26(22,23)16-9-11-17(12-10-16)27(24,25)20(2)3/h4-12,14,18-19,21H,13H2,1-3H3/t14-,18-/m0/s1. The first kappa shape index (κ1) is 21.5. The van der Waals surface area contributed by atoms with Gasteiger partial charge in [-0.25, -0.2) is 25.9 Å². The Hall–Kier alpha value is -1.78. The van der Waals surface area contributed by atoms with Gasteiger partial charge >= 0.3 is 0 Å². The zero-order chi connectivity index (χ0) is 20.2. The molecule has 0 aromatic heterocycles. The number of nitrogens with one attached hydrogen (secondary N) is 1. The van der Waals surface area contributed by atoms with E-state index in [9.17, 15) is 21.9 Å². The van der Waals surface area contributed by atoms with Gasteiger partial charge in [0, 0.05) is 20.1 Å². The number of sulfonamides is 2. The zero-order valence-electron chi connectivity index (χ0n) is 15.4. The van der Waals surface area contributed by atoms with Crippen molar-refractivity contribution >= 4 is 20.0 Å². The second kappa shape index (κ2) is 8.49. The van der Waals surface area contributed by atoms with Crippen molar-refractivity contribution in [1.29, 1.82) is 0 Å². The van der Waals surface area contributed by atoms with Crippen LogP contribution in [0.15, 0.2) is 64.4 Å². The summed E-state index contributed by atoms with van der Waals surface area (Å²) in [5, 5.41) is 10.2. The molecule has 0 saturated carbocycles. The molecule has 0 amide bonds. The number of aliphatic hydroxyl groups is 1. The minimum absolute atomic E-state index is 0.0130. The van der Waals surface area contributed by atoms with E-state index in [4.69, 9.17) is 0 Å². The van der Waals surface area contributed by atoms with Gasteiger partial charge in [0.25, 0.3) is 0 Å². The average molecular weight is 413 g/mol. The summed E-state index contributed by atoms with van der Waals surface area (Å²) in [6.45, 7) is 1.66. The Morgan fingerprint density at radius 1 is 0.926 bits per heavy atom. The smallest absolute Gasteiger partial charge is 0.242 e. The molecule has 9 heteroatoms. The molecule has 0 radical (unpaired) electrons. The van der Waals surface area contributed by atoms with Gasteiger partial charge in [-0.2, -0.15) is 0 Å². The molecule has 2 rings (SSSR count). The predicted molar refractivity (Wildman–Crippen MR) is 103 cm³/mol. The SMILES string of the molecule is C[C@@H](C[C@H](O)c1ccccc1)NS(=O)(=O)c1ccc(S(=O)(=O)N(C)C)cc1. The van der Waals surface area contributed by atoms with Crippen LogP contribution >= 0.6 is 0 Å². The lowest BCUT2D eigenvalue weighted by Gasteiger charge is -2.18. The summed E-state index contributed by atoms with van der Waals surface area (Å²) in [7, 11) is -4.65. The van der Waals surface area contributed by atoms with Gasteiger partial charge < -0.3 is 5.11 Å². The number of aliphatic hydroxyl groups excluding tert-OH is 1. The Bertz CT molecular complexity index is 957. The maximum Gasteiger partial charge on any atom is 0.242 e.